The monoisotopic (exact) mass is 310 g/mol. The maximum absolute atomic E-state index is 12.7. The second kappa shape index (κ2) is 6.72. The zero-order valence-electron chi connectivity index (χ0n) is 15.5. The van der Waals surface area contributed by atoms with Gasteiger partial charge in [0.1, 0.15) is 11.4 Å². The molecule has 1 aliphatic rings. The fourth-order valence-electron chi connectivity index (χ4n) is 2.93. The van der Waals surface area contributed by atoms with Crippen molar-refractivity contribution in [3.63, 3.8) is 0 Å². The molecule has 3 nitrogen and oxygen atoms in total. The molecule has 0 N–H and O–H groups in total. The Morgan fingerprint density at radius 1 is 0.909 bits per heavy atom. The number of Topliss-reactive ketones (excluding diaryl/α,β-unsaturated/α-hetero) is 1. The average molecular weight is 310 g/mol. The molecule has 0 amide bonds. The summed E-state index contributed by atoms with van der Waals surface area (Å²) in [5.74, 6) is 0.454. The lowest BCUT2D eigenvalue weighted by Gasteiger charge is -2.33. The van der Waals surface area contributed by atoms with Crippen LogP contribution in [0.25, 0.3) is 0 Å². The van der Waals surface area contributed by atoms with Gasteiger partial charge in [0.05, 0.1) is 5.41 Å². The van der Waals surface area contributed by atoms with Crippen LogP contribution in [0.2, 0.25) is 0 Å². The van der Waals surface area contributed by atoms with E-state index in [1.807, 2.05) is 48.5 Å². The van der Waals surface area contributed by atoms with Gasteiger partial charge in [-0.1, -0.05) is 26.7 Å². The van der Waals surface area contributed by atoms with Gasteiger partial charge in [0.2, 0.25) is 0 Å². The summed E-state index contributed by atoms with van der Waals surface area (Å²) in [6.45, 7) is 13.5. The molecule has 0 aromatic heterocycles. The van der Waals surface area contributed by atoms with Crippen LogP contribution in [0.15, 0.2) is 0 Å². The molecular formula is C19H34O3. The molecule has 1 rings (SSSR count). The van der Waals surface area contributed by atoms with Crippen molar-refractivity contribution in [1.29, 1.82) is 0 Å². The zero-order valence-corrected chi connectivity index (χ0v) is 15.5. The number of hydrogen-bond donors (Lipinski definition) is 0. The second-order valence-electron chi connectivity index (χ2n) is 9.13. The van der Waals surface area contributed by atoms with Gasteiger partial charge in [0.25, 0.3) is 0 Å². The Labute approximate surface area is 136 Å². The molecule has 0 aliphatic heterocycles. The standard InChI is InChI=1S/C19H34O3/c1-17(2,3)16(21)22-19(6,7)13-12-18(4,5)15(20)14-10-8-9-11-14/h14H,8-13H2,1-7H3. The van der Waals surface area contributed by atoms with Crippen molar-refractivity contribution in [2.24, 2.45) is 16.7 Å². The molecule has 0 spiro atoms. The average Bonchev–Trinajstić information content (AvgIpc) is 2.88. The van der Waals surface area contributed by atoms with Gasteiger partial charge in [0.15, 0.2) is 0 Å². The van der Waals surface area contributed by atoms with Crippen LogP contribution in [0.3, 0.4) is 0 Å². The Balaban J connectivity index is 2.58. The van der Waals surface area contributed by atoms with E-state index in [0.29, 0.717) is 12.2 Å². The molecule has 0 unspecified atom stereocenters. The van der Waals surface area contributed by atoms with Crippen LogP contribution in [0.5, 0.6) is 0 Å². The first-order valence-electron chi connectivity index (χ1n) is 8.63. The minimum absolute atomic E-state index is 0.183. The molecule has 1 fully saturated rings. The zero-order chi connectivity index (χ0) is 17.2. The van der Waals surface area contributed by atoms with Crippen molar-refractivity contribution in [3.05, 3.63) is 0 Å². The summed E-state index contributed by atoms with van der Waals surface area (Å²) in [7, 11) is 0. The molecule has 0 aromatic carbocycles. The maximum atomic E-state index is 12.7. The number of rotatable bonds is 6. The fourth-order valence-corrected chi connectivity index (χ4v) is 2.93. The SMILES string of the molecule is CC(C)(CCC(C)(C)C(=O)C1CCCC1)OC(=O)C(C)(C)C. The van der Waals surface area contributed by atoms with Crippen LogP contribution in [0.4, 0.5) is 0 Å². The molecular weight excluding hydrogens is 276 g/mol. The third kappa shape index (κ3) is 5.40. The highest BCUT2D eigenvalue weighted by atomic mass is 16.6. The molecule has 0 bridgehead atoms. The predicted octanol–water partition coefficient (Wildman–Crippen LogP) is 4.92. The van der Waals surface area contributed by atoms with E-state index >= 15 is 0 Å². The third-order valence-corrected chi connectivity index (χ3v) is 4.73. The van der Waals surface area contributed by atoms with E-state index in [4.69, 9.17) is 4.74 Å². The van der Waals surface area contributed by atoms with Crippen LogP contribution in [-0.4, -0.2) is 17.4 Å². The Morgan fingerprint density at radius 2 is 1.41 bits per heavy atom. The molecule has 0 heterocycles. The Kier molecular flexibility index (Phi) is 5.86. The Hall–Kier alpha value is -0.860. The molecule has 0 radical (unpaired) electrons. The lowest BCUT2D eigenvalue weighted by molar-refractivity contribution is -0.167. The minimum Gasteiger partial charge on any atom is -0.459 e. The number of ether oxygens (including phenoxy) is 1. The van der Waals surface area contributed by atoms with Crippen molar-refractivity contribution < 1.29 is 14.3 Å². The van der Waals surface area contributed by atoms with Gasteiger partial charge >= 0.3 is 5.97 Å². The van der Waals surface area contributed by atoms with Gasteiger partial charge in [-0.05, 0) is 60.3 Å². The topological polar surface area (TPSA) is 43.4 Å². The first kappa shape index (κ1) is 19.2. The number of esters is 1. The number of ketones is 1. The first-order valence-corrected chi connectivity index (χ1v) is 8.63. The summed E-state index contributed by atoms with van der Waals surface area (Å²) in [6, 6.07) is 0. The molecule has 22 heavy (non-hydrogen) atoms. The second-order valence-corrected chi connectivity index (χ2v) is 9.13. The largest absolute Gasteiger partial charge is 0.459 e. The van der Waals surface area contributed by atoms with Crippen LogP contribution < -0.4 is 0 Å². The Morgan fingerprint density at radius 3 is 1.86 bits per heavy atom. The molecule has 0 aromatic rings. The number of carbonyl (C=O) groups is 2. The first-order chi connectivity index (χ1) is 9.85. The molecule has 3 heteroatoms. The van der Waals surface area contributed by atoms with Crippen LogP contribution >= 0.6 is 0 Å². The summed E-state index contributed by atoms with van der Waals surface area (Å²) in [5, 5.41) is 0. The summed E-state index contributed by atoms with van der Waals surface area (Å²) >= 11 is 0. The van der Waals surface area contributed by atoms with E-state index in [-0.39, 0.29) is 17.3 Å². The summed E-state index contributed by atoms with van der Waals surface area (Å²) < 4.78 is 5.65. The highest BCUT2D eigenvalue weighted by Crippen LogP contribution is 2.37. The van der Waals surface area contributed by atoms with Crippen molar-refractivity contribution in [3.8, 4) is 0 Å². The molecule has 0 saturated heterocycles. The summed E-state index contributed by atoms with van der Waals surface area (Å²) in [5.41, 5.74) is -1.36. The lowest BCUT2D eigenvalue weighted by Crippen LogP contribution is -2.37. The Bertz CT molecular complexity index is 407. The van der Waals surface area contributed by atoms with E-state index in [9.17, 15) is 9.59 Å². The van der Waals surface area contributed by atoms with E-state index in [1.165, 1.54) is 12.8 Å². The van der Waals surface area contributed by atoms with E-state index in [0.717, 1.165) is 19.3 Å². The van der Waals surface area contributed by atoms with Gasteiger partial charge in [0, 0.05) is 11.3 Å². The third-order valence-electron chi connectivity index (χ3n) is 4.73. The quantitative estimate of drug-likeness (QED) is 0.654. The minimum atomic E-state index is -0.530. The molecule has 0 atom stereocenters. The van der Waals surface area contributed by atoms with Crippen molar-refractivity contribution >= 4 is 11.8 Å². The van der Waals surface area contributed by atoms with E-state index in [2.05, 4.69) is 0 Å². The van der Waals surface area contributed by atoms with Crippen LogP contribution in [0, 0.1) is 16.7 Å². The van der Waals surface area contributed by atoms with E-state index < -0.39 is 11.0 Å². The molecule has 1 saturated carbocycles. The highest BCUT2D eigenvalue weighted by Gasteiger charge is 2.37. The summed E-state index contributed by atoms with van der Waals surface area (Å²) in [4.78, 5) is 24.7. The van der Waals surface area contributed by atoms with Gasteiger partial charge in [-0.2, -0.15) is 0 Å². The van der Waals surface area contributed by atoms with Gasteiger partial charge in [-0.3, -0.25) is 9.59 Å². The lowest BCUT2D eigenvalue weighted by atomic mass is 9.75. The predicted molar refractivity (Wildman–Crippen MR) is 89.6 cm³/mol. The van der Waals surface area contributed by atoms with Crippen molar-refractivity contribution in [2.45, 2.75) is 92.6 Å². The highest BCUT2D eigenvalue weighted by molar-refractivity contribution is 5.86. The van der Waals surface area contributed by atoms with Crippen molar-refractivity contribution in [2.75, 3.05) is 0 Å². The van der Waals surface area contributed by atoms with Gasteiger partial charge < -0.3 is 4.74 Å². The fraction of sp³-hybridized carbons (Fsp3) is 0.895. The van der Waals surface area contributed by atoms with Crippen molar-refractivity contribution in [1.82, 2.24) is 0 Å². The van der Waals surface area contributed by atoms with E-state index in [1.54, 1.807) is 0 Å². The van der Waals surface area contributed by atoms with Gasteiger partial charge in [-0.15, -0.1) is 0 Å². The van der Waals surface area contributed by atoms with Gasteiger partial charge in [-0.25, -0.2) is 0 Å². The molecule has 128 valence electrons. The number of hydrogen-bond acceptors (Lipinski definition) is 3. The van der Waals surface area contributed by atoms with Crippen LogP contribution in [-0.2, 0) is 14.3 Å². The maximum Gasteiger partial charge on any atom is 0.311 e. The smallest absolute Gasteiger partial charge is 0.311 e. The normalized spacial score (nSPS) is 17.6. The van der Waals surface area contributed by atoms with Crippen LogP contribution in [0.1, 0.15) is 87.0 Å². The number of carbonyl (C=O) groups excluding carboxylic acids is 2. The summed E-state index contributed by atoms with van der Waals surface area (Å²) in [6.07, 6.45) is 5.92. The molecule has 1 aliphatic carbocycles.